The Balaban J connectivity index is 2.43. The molecule has 0 spiro atoms. The van der Waals surface area contributed by atoms with E-state index < -0.39 is 6.10 Å². The molecule has 0 amide bonds. The van der Waals surface area contributed by atoms with Gasteiger partial charge in [-0.1, -0.05) is 15.9 Å². The summed E-state index contributed by atoms with van der Waals surface area (Å²) in [5, 5.41) is 17.0. The average Bonchev–Trinajstić information content (AvgIpc) is 2.72. The highest BCUT2D eigenvalue weighted by Gasteiger charge is 2.16. The molecule has 0 aliphatic heterocycles. The summed E-state index contributed by atoms with van der Waals surface area (Å²) >= 11 is 4.76. The van der Waals surface area contributed by atoms with E-state index in [1.54, 1.807) is 11.5 Å². The van der Waals surface area contributed by atoms with Crippen LogP contribution in [0.15, 0.2) is 37.5 Å². The van der Waals surface area contributed by atoms with Gasteiger partial charge in [0.1, 0.15) is 0 Å². The Morgan fingerprint density at radius 1 is 1.40 bits per heavy atom. The average molecular weight is 358 g/mol. The van der Waals surface area contributed by atoms with Crippen molar-refractivity contribution >= 4 is 27.7 Å². The first-order valence-corrected chi connectivity index (χ1v) is 7.83. The molecule has 0 fully saturated rings. The van der Waals surface area contributed by atoms with Crippen LogP contribution in [0.3, 0.4) is 0 Å². The van der Waals surface area contributed by atoms with Gasteiger partial charge in [0.2, 0.25) is 0 Å². The standard InChI is InChI=1S/C13H16BrN3O2S/c1-7(2)17-12(19)15-16-13(17)20-11-5-4-9(14)6-10(11)8(3)18/h4-8,18H,1-3H3,(H,15,19). The third-order valence-corrected chi connectivity index (χ3v) is 4.37. The lowest BCUT2D eigenvalue weighted by Crippen LogP contribution is -2.19. The van der Waals surface area contributed by atoms with Gasteiger partial charge in [-0.3, -0.25) is 4.57 Å². The second-order valence-electron chi connectivity index (χ2n) is 4.74. The number of H-pyrrole nitrogens is 1. The molecule has 1 unspecified atom stereocenters. The summed E-state index contributed by atoms with van der Waals surface area (Å²) < 4.78 is 2.50. The van der Waals surface area contributed by atoms with E-state index in [-0.39, 0.29) is 11.7 Å². The molecule has 0 bridgehead atoms. The van der Waals surface area contributed by atoms with E-state index >= 15 is 0 Å². The van der Waals surface area contributed by atoms with Gasteiger partial charge in [0.15, 0.2) is 5.16 Å². The van der Waals surface area contributed by atoms with Crippen molar-refractivity contribution in [2.24, 2.45) is 0 Å². The summed E-state index contributed by atoms with van der Waals surface area (Å²) in [4.78, 5) is 12.6. The first-order chi connectivity index (χ1) is 9.40. The number of hydrogen-bond donors (Lipinski definition) is 2. The highest BCUT2D eigenvalue weighted by molar-refractivity contribution is 9.10. The SMILES string of the molecule is CC(O)c1cc(Br)ccc1Sc1n[nH]c(=O)n1C(C)C. The zero-order valence-corrected chi connectivity index (χ0v) is 13.8. The van der Waals surface area contributed by atoms with E-state index in [0.717, 1.165) is 14.9 Å². The van der Waals surface area contributed by atoms with Crippen LogP contribution in [0.1, 0.15) is 38.5 Å². The molecule has 20 heavy (non-hydrogen) atoms. The lowest BCUT2D eigenvalue weighted by atomic mass is 10.1. The second kappa shape index (κ2) is 6.15. The van der Waals surface area contributed by atoms with Gasteiger partial charge in [0, 0.05) is 15.4 Å². The summed E-state index contributed by atoms with van der Waals surface area (Å²) in [6.07, 6.45) is -0.590. The molecule has 1 atom stereocenters. The van der Waals surface area contributed by atoms with Crippen molar-refractivity contribution in [2.45, 2.75) is 43.0 Å². The second-order valence-corrected chi connectivity index (χ2v) is 6.66. The Morgan fingerprint density at radius 3 is 2.70 bits per heavy atom. The number of nitrogens with one attached hydrogen (secondary N) is 1. The fourth-order valence-electron chi connectivity index (χ4n) is 1.85. The number of aliphatic hydroxyl groups is 1. The molecule has 0 saturated heterocycles. The van der Waals surface area contributed by atoms with Gasteiger partial charge in [-0.25, -0.2) is 9.89 Å². The lowest BCUT2D eigenvalue weighted by molar-refractivity contribution is 0.196. The summed E-state index contributed by atoms with van der Waals surface area (Å²) in [6.45, 7) is 5.57. The molecule has 2 N–H and O–H groups in total. The maximum absolute atomic E-state index is 11.7. The predicted molar refractivity (Wildman–Crippen MR) is 82.1 cm³/mol. The zero-order valence-electron chi connectivity index (χ0n) is 11.4. The minimum Gasteiger partial charge on any atom is -0.389 e. The molecule has 108 valence electrons. The van der Waals surface area contributed by atoms with Crippen LogP contribution in [0.4, 0.5) is 0 Å². The van der Waals surface area contributed by atoms with Crippen LogP contribution in [0.2, 0.25) is 0 Å². The Kier molecular flexibility index (Phi) is 4.72. The molecule has 1 aromatic carbocycles. The number of nitrogens with zero attached hydrogens (tertiary/aromatic N) is 2. The van der Waals surface area contributed by atoms with E-state index in [4.69, 9.17) is 0 Å². The van der Waals surface area contributed by atoms with Crippen LogP contribution in [0, 0.1) is 0 Å². The zero-order chi connectivity index (χ0) is 14.9. The van der Waals surface area contributed by atoms with E-state index in [1.807, 2.05) is 32.0 Å². The van der Waals surface area contributed by atoms with E-state index in [1.165, 1.54) is 11.8 Å². The molecule has 0 saturated carbocycles. The first kappa shape index (κ1) is 15.3. The van der Waals surface area contributed by atoms with Crippen LogP contribution in [-0.2, 0) is 0 Å². The number of hydrogen-bond acceptors (Lipinski definition) is 4. The van der Waals surface area contributed by atoms with E-state index in [0.29, 0.717) is 5.16 Å². The number of benzene rings is 1. The highest BCUT2D eigenvalue weighted by atomic mass is 79.9. The molecule has 0 aliphatic carbocycles. The quantitative estimate of drug-likeness (QED) is 0.881. The normalized spacial score (nSPS) is 12.9. The van der Waals surface area contributed by atoms with E-state index in [2.05, 4.69) is 26.1 Å². The molecular weight excluding hydrogens is 342 g/mol. The minimum atomic E-state index is -0.590. The summed E-state index contributed by atoms with van der Waals surface area (Å²) in [5.41, 5.74) is 0.577. The third-order valence-electron chi connectivity index (χ3n) is 2.81. The molecule has 0 radical (unpaired) electrons. The molecule has 2 rings (SSSR count). The molecule has 5 nitrogen and oxygen atoms in total. The van der Waals surface area contributed by atoms with Gasteiger partial charge in [-0.15, -0.1) is 5.10 Å². The van der Waals surface area contributed by atoms with Crippen molar-refractivity contribution < 1.29 is 5.11 Å². The predicted octanol–water partition coefficient (Wildman–Crippen LogP) is 3.12. The Labute approximate surface area is 129 Å². The van der Waals surface area contributed by atoms with Crippen molar-refractivity contribution in [3.05, 3.63) is 38.7 Å². The third kappa shape index (κ3) is 3.16. The van der Waals surface area contributed by atoms with Gasteiger partial charge in [-0.2, -0.15) is 0 Å². The van der Waals surface area contributed by atoms with Crippen molar-refractivity contribution in [2.75, 3.05) is 0 Å². The Bertz CT molecular complexity index is 664. The van der Waals surface area contributed by atoms with Gasteiger partial charge in [0.25, 0.3) is 0 Å². The number of aromatic amines is 1. The summed E-state index contributed by atoms with van der Waals surface area (Å²) in [5.74, 6) is 0. The lowest BCUT2D eigenvalue weighted by Gasteiger charge is -2.13. The Hall–Kier alpha value is -1.05. The number of aromatic nitrogens is 3. The van der Waals surface area contributed by atoms with Crippen LogP contribution >= 0.6 is 27.7 Å². The topological polar surface area (TPSA) is 70.9 Å². The summed E-state index contributed by atoms with van der Waals surface area (Å²) in [7, 11) is 0. The highest BCUT2D eigenvalue weighted by Crippen LogP contribution is 2.34. The molecule has 7 heteroatoms. The first-order valence-electron chi connectivity index (χ1n) is 6.22. The number of halogens is 1. The van der Waals surface area contributed by atoms with Crippen molar-refractivity contribution in [1.29, 1.82) is 0 Å². The van der Waals surface area contributed by atoms with Crippen molar-refractivity contribution in [3.63, 3.8) is 0 Å². The fourth-order valence-corrected chi connectivity index (χ4v) is 3.40. The van der Waals surface area contributed by atoms with Crippen LogP contribution in [-0.4, -0.2) is 19.9 Å². The summed E-state index contributed by atoms with van der Waals surface area (Å²) in [6, 6.07) is 5.70. The fraction of sp³-hybridized carbons (Fsp3) is 0.385. The smallest absolute Gasteiger partial charge is 0.344 e. The monoisotopic (exact) mass is 357 g/mol. The van der Waals surface area contributed by atoms with Gasteiger partial charge >= 0.3 is 5.69 Å². The number of rotatable bonds is 4. The maximum Gasteiger partial charge on any atom is 0.344 e. The van der Waals surface area contributed by atoms with Crippen LogP contribution < -0.4 is 5.69 Å². The molecule has 1 heterocycles. The molecule has 0 aliphatic rings. The molecule has 2 aromatic rings. The maximum atomic E-state index is 11.7. The molecule has 1 aromatic heterocycles. The largest absolute Gasteiger partial charge is 0.389 e. The van der Waals surface area contributed by atoms with Crippen LogP contribution in [0.5, 0.6) is 0 Å². The van der Waals surface area contributed by atoms with E-state index in [9.17, 15) is 9.90 Å². The van der Waals surface area contributed by atoms with Crippen molar-refractivity contribution in [1.82, 2.24) is 14.8 Å². The van der Waals surface area contributed by atoms with Gasteiger partial charge in [0.05, 0.1) is 6.10 Å². The van der Waals surface area contributed by atoms with Crippen molar-refractivity contribution in [3.8, 4) is 0 Å². The molecular formula is C13H16BrN3O2S. The van der Waals surface area contributed by atoms with Crippen LogP contribution in [0.25, 0.3) is 0 Å². The minimum absolute atomic E-state index is 0.0224. The van der Waals surface area contributed by atoms with Gasteiger partial charge < -0.3 is 5.11 Å². The van der Waals surface area contributed by atoms with Gasteiger partial charge in [-0.05, 0) is 56.3 Å². The number of aliphatic hydroxyl groups excluding tert-OH is 1. The Morgan fingerprint density at radius 2 is 2.10 bits per heavy atom.